The number of nitrogens with one attached hydrogen (secondary N) is 1. The SMILES string of the molecule is O=S(=O)(c1ccc(NC2CCN(CC3CCCCC3)CC2)nc1)N1CCCC1. The molecule has 3 aliphatic rings. The molecular weight excluding hydrogens is 372 g/mol. The van der Waals surface area contributed by atoms with Crippen molar-refractivity contribution in [1.82, 2.24) is 14.2 Å². The first kappa shape index (κ1) is 20.1. The molecule has 3 heterocycles. The Balaban J connectivity index is 1.26. The summed E-state index contributed by atoms with van der Waals surface area (Å²) in [7, 11) is -3.37. The van der Waals surface area contributed by atoms with Gasteiger partial charge in [-0.2, -0.15) is 4.31 Å². The fourth-order valence-corrected chi connectivity index (χ4v) is 6.36. The highest BCUT2D eigenvalue weighted by atomic mass is 32.2. The standard InChI is InChI=1S/C21H34N4O2S/c26-28(27,25-12-4-5-13-25)20-8-9-21(22-16-20)23-19-10-14-24(15-11-19)17-18-6-2-1-3-7-18/h8-9,16,18-19H,1-7,10-15,17H2,(H,22,23). The summed E-state index contributed by atoms with van der Waals surface area (Å²) in [4.78, 5) is 7.33. The van der Waals surface area contributed by atoms with Crippen LogP contribution in [0, 0.1) is 5.92 Å². The van der Waals surface area contributed by atoms with Gasteiger partial charge in [0.2, 0.25) is 10.0 Å². The molecule has 0 amide bonds. The van der Waals surface area contributed by atoms with E-state index in [1.807, 2.05) is 6.07 Å². The fourth-order valence-electron chi connectivity index (χ4n) is 4.90. The van der Waals surface area contributed by atoms with E-state index >= 15 is 0 Å². The van der Waals surface area contributed by atoms with Crippen LogP contribution in [0.3, 0.4) is 0 Å². The quantitative estimate of drug-likeness (QED) is 0.785. The zero-order valence-electron chi connectivity index (χ0n) is 16.9. The highest BCUT2D eigenvalue weighted by Crippen LogP contribution is 2.26. The van der Waals surface area contributed by atoms with Gasteiger partial charge < -0.3 is 10.2 Å². The van der Waals surface area contributed by atoms with Gasteiger partial charge in [0.15, 0.2) is 0 Å². The van der Waals surface area contributed by atoms with Crippen molar-refractivity contribution in [1.29, 1.82) is 0 Å². The molecule has 7 heteroatoms. The first-order chi connectivity index (χ1) is 13.6. The minimum absolute atomic E-state index is 0.308. The van der Waals surface area contributed by atoms with Crippen molar-refractivity contribution in [3.63, 3.8) is 0 Å². The average Bonchev–Trinajstić information content (AvgIpc) is 3.27. The molecule has 1 aromatic heterocycles. The number of nitrogens with zero attached hydrogens (tertiary/aromatic N) is 3. The molecule has 156 valence electrons. The van der Waals surface area contributed by atoms with Gasteiger partial charge in [0.1, 0.15) is 10.7 Å². The third-order valence-electron chi connectivity index (χ3n) is 6.62. The van der Waals surface area contributed by atoms with Crippen LogP contribution in [0.1, 0.15) is 57.8 Å². The second-order valence-corrected chi connectivity index (χ2v) is 10.7. The molecule has 1 saturated carbocycles. The molecule has 0 bridgehead atoms. The molecule has 1 N–H and O–H groups in total. The number of piperidine rings is 1. The summed E-state index contributed by atoms with van der Waals surface area (Å²) >= 11 is 0. The van der Waals surface area contributed by atoms with Crippen molar-refractivity contribution in [3.8, 4) is 0 Å². The number of hydrogen-bond donors (Lipinski definition) is 1. The van der Waals surface area contributed by atoms with Gasteiger partial charge in [-0.25, -0.2) is 13.4 Å². The molecule has 3 fully saturated rings. The van der Waals surface area contributed by atoms with E-state index in [0.717, 1.165) is 50.5 Å². The van der Waals surface area contributed by atoms with E-state index in [4.69, 9.17) is 0 Å². The summed E-state index contributed by atoms with van der Waals surface area (Å²) in [6, 6.07) is 3.94. The smallest absolute Gasteiger partial charge is 0.244 e. The second-order valence-electron chi connectivity index (χ2n) is 8.71. The van der Waals surface area contributed by atoms with Gasteiger partial charge >= 0.3 is 0 Å². The maximum absolute atomic E-state index is 12.6. The van der Waals surface area contributed by atoms with Crippen LogP contribution in [-0.4, -0.2) is 61.4 Å². The van der Waals surface area contributed by atoms with Crippen LogP contribution in [0.2, 0.25) is 0 Å². The molecule has 0 spiro atoms. The summed E-state index contributed by atoms with van der Waals surface area (Å²) in [6.07, 6.45) is 12.7. The molecule has 2 aliphatic heterocycles. The predicted molar refractivity (Wildman–Crippen MR) is 112 cm³/mol. The number of hydrogen-bond acceptors (Lipinski definition) is 5. The number of aromatic nitrogens is 1. The van der Waals surface area contributed by atoms with Crippen LogP contribution in [0.15, 0.2) is 23.2 Å². The Morgan fingerprint density at radius 1 is 0.929 bits per heavy atom. The van der Waals surface area contributed by atoms with E-state index in [1.54, 1.807) is 10.4 Å². The van der Waals surface area contributed by atoms with Gasteiger partial charge in [-0.05, 0) is 56.6 Å². The van der Waals surface area contributed by atoms with Gasteiger partial charge in [0.05, 0.1) is 0 Å². The van der Waals surface area contributed by atoms with Crippen LogP contribution in [0.4, 0.5) is 5.82 Å². The molecule has 4 rings (SSSR count). The minimum Gasteiger partial charge on any atom is -0.367 e. The van der Waals surface area contributed by atoms with Crippen molar-refractivity contribution in [2.24, 2.45) is 5.92 Å². The first-order valence-corrected chi connectivity index (χ1v) is 12.5. The van der Waals surface area contributed by atoms with E-state index in [9.17, 15) is 8.42 Å². The molecular formula is C21H34N4O2S. The summed E-state index contributed by atoms with van der Waals surface area (Å²) in [5, 5.41) is 3.51. The lowest BCUT2D eigenvalue weighted by Crippen LogP contribution is -2.41. The van der Waals surface area contributed by atoms with Crippen molar-refractivity contribution >= 4 is 15.8 Å². The lowest BCUT2D eigenvalue weighted by molar-refractivity contribution is 0.168. The second kappa shape index (κ2) is 9.09. The Labute approximate surface area is 169 Å². The van der Waals surface area contributed by atoms with E-state index < -0.39 is 10.0 Å². The first-order valence-electron chi connectivity index (χ1n) is 11.1. The summed E-state index contributed by atoms with van der Waals surface area (Å²) in [5.74, 6) is 1.69. The van der Waals surface area contributed by atoms with Crippen molar-refractivity contribution in [2.75, 3.05) is 38.0 Å². The maximum Gasteiger partial charge on any atom is 0.244 e. The zero-order chi connectivity index (χ0) is 19.4. The Kier molecular flexibility index (Phi) is 6.53. The van der Waals surface area contributed by atoms with Crippen LogP contribution < -0.4 is 5.32 Å². The van der Waals surface area contributed by atoms with Gasteiger partial charge in [-0.15, -0.1) is 0 Å². The molecule has 0 aromatic carbocycles. The molecule has 2 saturated heterocycles. The van der Waals surface area contributed by atoms with Gasteiger partial charge in [0, 0.05) is 45.0 Å². The van der Waals surface area contributed by atoms with E-state index in [0.29, 0.717) is 24.0 Å². The number of rotatable bonds is 6. The van der Waals surface area contributed by atoms with Crippen molar-refractivity contribution < 1.29 is 8.42 Å². The molecule has 1 aliphatic carbocycles. The Morgan fingerprint density at radius 3 is 2.29 bits per heavy atom. The van der Waals surface area contributed by atoms with Gasteiger partial charge in [-0.3, -0.25) is 0 Å². The number of sulfonamides is 1. The van der Waals surface area contributed by atoms with E-state index in [-0.39, 0.29) is 0 Å². The number of pyridine rings is 1. The van der Waals surface area contributed by atoms with Crippen molar-refractivity contribution in [2.45, 2.75) is 68.7 Å². The third-order valence-corrected chi connectivity index (χ3v) is 8.50. The Hall–Kier alpha value is -1.18. The summed E-state index contributed by atoms with van der Waals surface area (Å²) in [5.41, 5.74) is 0. The van der Waals surface area contributed by atoms with Crippen LogP contribution in [-0.2, 0) is 10.0 Å². The number of likely N-dealkylation sites (tertiary alicyclic amines) is 1. The molecule has 0 radical (unpaired) electrons. The zero-order valence-corrected chi connectivity index (χ0v) is 17.7. The minimum atomic E-state index is -3.37. The van der Waals surface area contributed by atoms with Crippen molar-refractivity contribution in [3.05, 3.63) is 18.3 Å². The fraction of sp³-hybridized carbons (Fsp3) is 0.762. The predicted octanol–water partition coefficient (Wildman–Crippen LogP) is 3.32. The average molecular weight is 407 g/mol. The monoisotopic (exact) mass is 406 g/mol. The van der Waals surface area contributed by atoms with Gasteiger partial charge in [0.25, 0.3) is 0 Å². The topological polar surface area (TPSA) is 65.5 Å². The summed E-state index contributed by atoms with van der Waals surface area (Å²) in [6.45, 7) is 4.82. The van der Waals surface area contributed by atoms with E-state index in [2.05, 4.69) is 15.2 Å². The number of anilines is 1. The molecule has 0 atom stereocenters. The lowest BCUT2D eigenvalue weighted by atomic mass is 9.88. The van der Waals surface area contributed by atoms with E-state index in [1.165, 1.54) is 44.8 Å². The lowest BCUT2D eigenvalue weighted by Gasteiger charge is -2.35. The molecule has 0 unspecified atom stereocenters. The molecule has 6 nitrogen and oxygen atoms in total. The Morgan fingerprint density at radius 2 is 1.64 bits per heavy atom. The maximum atomic E-state index is 12.6. The summed E-state index contributed by atoms with van der Waals surface area (Å²) < 4.78 is 26.8. The highest BCUT2D eigenvalue weighted by Gasteiger charge is 2.27. The normalized spacial score (nSPS) is 23.9. The van der Waals surface area contributed by atoms with Gasteiger partial charge in [-0.1, -0.05) is 19.3 Å². The van der Waals surface area contributed by atoms with Crippen LogP contribution >= 0.6 is 0 Å². The molecule has 1 aromatic rings. The highest BCUT2D eigenvalue weighted by molar-refractivity contribution is 7.89. The third kappa shape index (κ3) is 4.86. The molecule has 28 heavy (non-hydrogen) atoms. The van der Waals surface area contributed by atoms with Crippen LogP contribution in [0.25, 0.3) is 0 Å². The Bertz CT molecular complexity index is 717. The van der Waals surface area contributed by atoms with Crippen LogP contribution in [0.5, 0.6) is 0 Å². The largest absolute Gasteiger partial charge is 0.367 e.